The van der Waals surface area contributed by atoms with Gasteiger partial charge >= 0.3 is 16.3 Å². The summed E-state index contributed by atoms with van der Waals surface area (Å²) < 4.78 is 47.0. The number of rotatable bonds is 6. The number of aliphatic hydroxyl groups excluding tert-OH is 6. The van der Waals surface area contributed by atoms with E-state index in [0.717, 1.165) is 0 Å². The fourth-order valence-corrected chi connectivity index (χ4v) is 3.26. The third kappa shape index (κ3) is 4.69. The highest BCUT2D eigenvalue weighted by Gasteiger charge is 2.50. The zero-order valence-corrected chi connectivity index (χ0v) is 14.6. The summed E-state index contributed by atoms with van der Waals surface area (Å²) in [6.07, 6.45) is -13.5. The van der Waals surface area contributed by atoms with Crippen molar-refractivity contribution >= 4 is 16.3 Å². The Bertz CT molecular complexity index is 724. The van der Waals surface area contributed by atoms with Gasteiger partial charge < -0.3 is 50.0 Å². The minimum atomic E-state index is -4.92. The molecular weight excluding hydrogens is 414 g/mol. The smallest absolute Gasteiger partial charge is 0.375 e. The minimum Gasteiger partial charge on any atom is -0.506 e. The molecule has 2 heterocycles. The largest absolute Gasteiger partial charge is 0.506 e. The first-order valence-corrected chi connectivity index (χ1v) is 9.03. The Balaban J connectivity index is 2.27. The molecule has 2 rings (SSSR count). The molecule has 9 N–H and O–H groups in total. The molecule has 0 saturated carbocycles. The number of hydrogen-bond acceptors (Lipinski definition) is 12. The van der Waals surface area contributed by atoms with Crippen molar-refractivity contribution in [2.45, 2.75) is 49.1 Å². The number of carboxylic acid groups (broad SMARTS) is 1. The van der Waals surface area contributed by atoms with Crippen molar-refractivity contribution in [3.8, 4) is 0 Å². The summed E-state index contributed by atoms with van der Waals surface area (Å²) in [5, 5.41) is 67.5. The number of hydrogen-bond donors (Lipinski definition) is 9. The van der Waals surface area contributed by atoms with Crippen molar-refractivity contribution in [2.24, 2.45) is 0 Å². The summed E-state index contributed by atoms with van der Waals surface area (Å²) in [5.74, 6) is -4.18. The molecule has 0 amide bonds. The second-order valence-corrected chi connectivity index (χ2v) is 7.08. The molecule has 0 radical (unpaired) electrons. The fourth-order valence-electron chi connectivity index (χ4n) is 2.66. The molecule has 1 saturated heterocycles. The predicted molar refractivity (Wildman–Crippen MR) is 81.5 cm³/mol. The van der Waals surface area contributed by atoms with Crippen LogP contribution < -0.4 is 4.72 Å². The third-order valence-corrected chi connectivity index (χ3v) is 4.56. The van der Waals surface area contributed by atoms with Crippen LogP contribution in [0.2, 0.25) is 0 Å². The molecule has 1 fully saturated rings. The van der Waals surface area contributed by atoms with Gasteiger partial charge in [0.2, 0.25) is 12.0 Å². The Morgan fingerprint density at radius 3 is 2.29 bits per heavy atom. The molecule has 2 aliphatic rings. The van der Waals surface area contributed by atoms with E-state index in [1.807, 2.05) is 0 Å². The van der Waals surface area contributed by atoms with E-state index in [1.54, 1.807) is 0 Å². The van der Waals surface area contributed by atoms with Crippen LogP contribution in [0.1, 0.15) is 0 Å². The molecule has 0 spiro atoms. The van der Waals surface area contributed by atoms with E-state index in [4.69, 9.17) is 23.9 Å². The highest BCUT2D eigenvalue weighted by atomic mass is 32.2. The van der Waals surface area contributed by atoms with Crippen molar-refractivity contribution in [1.82, 2.24) is 4.72 Å². The van der Waals surface area contributed by atoms with Gasteiger partial charge in [-0.3, -0.25) is 4.55 Å². The van der Waals surface area contributed by atoms with Gasteiger partial charge in [0.05, 0.1) is 6.61 Å². The van der Waals surface area contributed by atoms with E-state index < -0.39 is 83.5 Å². The van der Waals surface area contributed by atoms with Crippen molar-refractivity contribution in [2.75, 3.05) is 6.61 Å². The highest BCUT2D eigenvalue weighted by molar-refractivity contribution is 7.83. The maximum atomic E-state index is 11.0. The Hall–Kier alpha value is -1.60. The van der Waals surface area contributed by atoms with E-state index in [0.29, 0.717) is 0 Å². The molecule has 0 bridgehead atoms. The summed E-state index contributed by atoms with van der Waals surface area (Å²) in [5.41, 5.74) is 0. The summed E-state index contributed by atoms with van der Waals surface area (Å²) in [4.78, 5) is 11.0. The monoisotopic (exact) mass is 433 g/mol. The van der Waals surface area contributed by atoms with Crippen molar-refractivity contribution in [3.63, 3.8) is 0 Å². The van der Waals surface area contributed by atoms with E-state index >= 15 is 0 Å². The lowest BCUT2D eigenvalue weighted by Crippen LogP contribution is -2.66. The second kappa shape index (κ2) is 8.41. The number of carbonyl (C=O) groups is 1. The first-order valence-electron chi connectivity index (χ1n) is 7.59. The molecule has 2 aliphatic heterocycles. The number of nitrogens with one attached hydrogen (secondary N) is 1. The third-order valence-electron chi connectivity index (χ3n) is 3.99. The zero-order valence-electron chi connectivity index (χ0n) is 13.8. The van der Waals surface area contributed by atoms with E-state index in [9.17, 15) is 43.9 Å². The number of aliphatic hydroxyl groups is 6. The van der Waals surface area contributed by atoms with Crippen LogP contribution >= 0.6 is 0 Å². The Kier molecular flexibility index (Phi) is 6.82. The van der Waals surface area contributed by atoms with Gasteiger partial charge in [-0.25, -0.2) is 4.79 Å². The molecule has 162 valence electrons. The molecule has 0 unspecified atom stereocenters. The van der Waals surface area contributed by atoms with E-state index in [2.05, 4.69) is 0 Å². The van der Waals surface area contributed by atoms with Gasteiger partial charge in [0.15, 0.2) is 12.0 Å². The zero-order chi connectivity index (χ0) is 21.4. The number of ether oxygens (including phenoxy) is 3. The van der Waals surface area contributed by atoms with Gasteiger partial charge in [0, 0.05) is 0 Å². The van der Waals surface area contributed by atoms with Crippen LogP contribution in [0, 0.1) is 0 Å². The summed E-state index contributed by atoms with van der Waals surface area (Å²) in [6.45, 7) is -0.893. The van der Waals surface area contributed by atoms with Crippen LogP contribution in [-0.4, -0.2) is 110 Å². The maximum absolute atomic E-state index is 11.0. The van der Waals surface area contributed by atoms with Gasteiger partial charge in [-0.2, -0.15) is 13.1 Å². The Morgan fingerprint density at radius 1 is 1.18 bits per heavy atom. The molecular formula is C12H19NO14S. The van der Waals surface area contributed by atoms with Crippen LogP contribution in [-0.2, 0) is 29.3 Å². The lowest BCUT2D eigenvalue weighted by atomic mass is 9.97. The average molecular weight is 433 g/mol. The molecule has 16 heteroatoms. The molecule has 8 atom stereocenters. The van der Waals surface area contributed by atoms with Crippen LogP contribution in [0.5, 0.6) is 0 Å². The van der Waals surface area contributed by atoms with Crippen LogP contribution in [0.4, 0.5) is 0 Å². The predicted octanol–water partition coefficient (Wildman–Crippen LogP) is -4.86. The molecule has 15 nitrogen and oxygen atoms in total. The fraction of sp³-hybridized carbons (Fsp3) is 0.750. The first kappa shape index (κ1) is 22.7. The van der Waals surface area contributed by atoms with Crippen molar-refractivity contribution in [3.05, 3.63) is 11.5 Å². The van der Waals surface area contributed by atoms with Gasteiger partial charge in [-0.15, -0.1) is 0 Å². The lowest BCUT2D eigenvalue weighted by Gasteiger charge is -2.44. The van der Waals surface area contributed by atoms with Crippen molar-refractivity contribution in [1.29, 1.82) is 0 Å². The molecule has 0 aromatic heterocycles. The normalized spacial score (nSPS) is 39.5. The van der Waals surface area contributed by atoms with E-state index in [-0.39, 0.29) is 0 Å². The van der Waals surface area contributed by atoms with Crippen LogP contribution in [0.3, 0.4) is 0 Å². The minimum absolute atomic E-state index is 0.893. The summed E-state index contributed by atoms with van der Waals surface area (Å²) in [7, 11) is -4.92. The maximum Gasteiger partial charge on any atom is 0.375 e. The SMILES string of the molecule is O=C(O)C1=C(O)[C@H](O)[C@@H](O)[C@H](O[C@H]2[C@H](O)[C@@H](NS(=O)(=O)O)[C@@H](O)O[C@@H]2CO)O1. The van der Waals surface area contributed by atoms with Gasteiger partial charge in [0.25, 0.3) is 0 Å². The number of aliphatic carboxylic acids is 1. The van der Waals surface area contributed by atoms with Crippen LogP contribution in [0.15, 0.2) is 11.5 Å². The molecule has 0 aliphatic carbocycles. The Morgan fingerprint density at radius 2 is 1.79 bits per heavy atom. The molecule has 28 heavy (non-hydrogen) atoms. The average Bonchev–Trinajstić information content (AvgIpc) is 2.59. The van der Waals surface area contributed by atoms with E-state index in [1.165, 1.54) is 4.72 Å². The first-order chi connectivity index (χ1) is 12.9. The topological polar surface area (TPSA) is 253 Å². The lowest BCUT2D eigenvalue weighted by molar-refractivity contribution is -0.308. The number of carboxylic acids is 1. The van der Waals surface area contributed by atoms with Gasteiger partial charge in [-0.05, 0) is 0 Å². The van der Waals surface area contributed by atoms with Gasteiger partial charge in [0.1, 0.15) is 36.6 Å². The molecule has 0 aromatic carbocycles. The summed E-state index contributed by atoms with van der Waals surface area (Å²) in [6, 6.07) is -1.89. The second-order valence-electron chi connectivity index (χ2n) is 5.90. The van der Waals surface area contributed by atoms with Crippen molar-refractivity contribution < 1.29 is 67.7 Å². The quantitative estimate of drug-likeness (QED) is 0.178. The standard InChI is InChI=1S/C12H19NO14S/c14-1-2-8(4(15)3(11(21)25-2)13-28(22,23)24)26-12-7(18)5(16)6(17)9(27-12)10(19)20/h2-5,7-8,11-18,21H,1H2,(H,19,20)(H,22,23,24)/t2-,3-,4-,5+,7-,8-,11+,12-/m1/s1. The molecule has 0 aromatic rings. The highest BCUT2D eigenvalue weighted by Crippen LogP contribution is 2.29. The van der Waals surface area contributed by atoms with Crippen LogP contribution in [0.25, 0.3) is 0 Å². The Labute approximate surface area is 156 Å². The van der Waals surface area contributed by atoms with Gasteiger partial charge in [-0.1, -0.05) is 0 Å². The summed E-state index contributed by atoms with van der Waals surface area (Å²) >= 11 is 0.